The molecule has 1 rings (SSSR count). The summed E-state index contributed by atoms with van der Waals surface area (Å²) in [6, 6.07) is 6.36. The Hall–Kier alpha value is -2.10. The van der Waals surface area contributed by atoms with E-state index in [2.05, 4.69) is 11.3 Å². The molecular formula is C12H12O4. The van der Waals surface area contributed by atoms with E-state index in [9.17, 15) is 9.59 Å². The Labute approximate surface area is 93.5 Å². The van der Waals surface area contributed by atoms with Gasteiger partial charge in [0.25, 0.3) is 5.78 Å². The first-order valence-electron chi connectivity index (χ1n) is 4.56. The first kappa shape index (κ1) is 12.0. The van der Waals surface area contributed by atoms with Crippen molar-refractivity contribution in [2.75, 3.05) is 14.2 Å². The van der Waals surface area contributed by atoms with Crippen LogP contribution in [0.4, 0.5) is 0 Å². The van der Waals surface area contributed by atoms with Gasteiger partial charge in [-0.1, -0.05) is 30.8 Å². The minimum atomic E-state index is -0.877. The van der Waals surface area contributed by atoms with Crippen LogP contribution in [0.5, 0.6) is 0 Å². The Balaban J connectivity index is 2.91. The van der Waals surface area contributed by atoms with Crippen molar-refractivity contribution in [3.05, 3.63) is 42.0 Å². The number of rotatable bonds is 4. The Bertz CT molecular complexity index is 417. The quantitative estimate of drug-likeness (QED) is 0.335. The second-order valence-electron chi connectivity index (χ2n) is 3.03. The molecule has 0 bridgehead atoms. The number of carbonyl (C=O) groups is 2. The molecule has 0 N–H and O–H groups in total. The van der Waals surface area contributed by atoms with Gasteiger partial charge in [0.05, 0.1) is 14.2 Å². The van der Waals surface area contributed by atoms with Crippen LogP contribution >= 0.6 is 0 Å². The lowest BCUT2D eigenvalue weighted by molar-refractivity contribution is -0.135. The van der Waals surface area contributed by atoms with Crippen molar-refractivity contribution in [1.29, 1.82) is 0 Å². The lowest BCUT2D eigenvalue weighted by Gasteiger charge is -2.04. The highest BCUT2D eigenvalue weighted by Gasteiger charge is 2.16. The van der Waals surface area contributed by atoms with Gasteiger partial charge in [0.15, 0.2) is 0 Å². The SMILES string of the molecule is C=C(OC)c1ccc(C(=O)C(=O)OC)cc1. The van der Waals surface area contributed by atoms with Gasteiger partial charge in [-0.2, -0.15) is 0 Å². The van der Waals surface area contributed by atoms with Crippen LogP contribution in [-0.4, -0.2) is 26.0 Å². The third-order valence-corrected chi connectivity index (χ3v) is 2.09. The van der Waals surface area contributed by atoms with Gasteiger partial charge in [-0.05, 0) is 0 Å². The zero-order valence-electron chi connectivity index (χ0n) is 9.15. The van der Waals surface area contributed by atoms with Gasteiger partial charge in [-0.25, -0.2) is 4.79 Å². The fraction of sp³-hybridized carbons (Fsp3) is 0.167. The standard InChI is InChI=1S/C12H12O4/c1-8(15-2)9-4-6-10(7-5-9)11(13)12(14)16-3/h4-7H,1H2,2-3H3. The zero-order chi connectivity index (χ0) is 12.1. The maximum Gasteiger partial charge on any atom is 0.379 e. The Morgan fingerprint density at radius 1 is 1.00 bits per heavy atom. The summed E-state index contributed by atoms with van der Waals surface area (Å²) in [7, 11) is 2.68. The van der Waals surface area contributed by atoms with Gasteiger partial charge in [0.2, 0.25) is 0 Å². The van der Waals surface area contributed by atoms with Gasteiger partial charge in [-0.15, -0.1) is 0 Å². The van der Waals surface area contributed by atoms with Gasteiger partial charge in [0, 0.05) is 11.1 Å². The van der Waals surface area contributed by atoms with Crippen LogP contribution in [0.3, 0.4) is 0 Å². The molecule has 1 aromatic rings. The van der Waals surface area contributed by atoms with E-state index in [4.69, 9.17) is 4.74 Å². The van der Waals surface area contributed by atoms with Crippen LogP contribution in [-0.2, 0) is 14.3 Å². The summed E-state index contributed by atoms with van der Waals surface area (Å²) in [5.74, 6) is -1.05. The molecule has 4 heteroatoms. The number of carbonyl (C=O) groups excluding carboxylic acids is 2. The van der Waals surface area contributed by atoms with Crippen molar-refractivity contribution < 1.29 is 19.1 Å². The molecular weight excluding hydrogens is 208 g/mol. The minimum absolute atomic E-state index is 0.277. The van der Waals surface area contributed by atoms with Crippen LogP contribution in [0.2, 0.25) is 0 Å². The minimum Gasteiger partial charge on any atom is -0.497 e. The van der Waals surface area contributed by atoms with Crippen molar-refractivity contribution in [3.8, 4) is 0 Å². The fourth-order valence-electron chi connectivity index (χ4n) is 1.14. The monoisotopic (exact) mass is 220 g/mol. The highest BCUT2D eigenvalue weighted by atomic mass is 16.5. The van der Waals surface area contributed by atoms with Crippen molar-refractivity contribution in [3.63, 3.8) is 0 Å². The second kappa shape index (κ2) is 5.11. The smallest absolute Gasteiger partial charge is 0.379 e. The lowest BCUT2D eigenvalue weighted by atomic mass is 10.1. The first-order chi connectivity index (χ1) is 7.60. The number of ether oxygens (including phenoxy) is 2. The molecule has 4 nitrogen and oxygen atoms in total. The van der Waals surface area contributed by atoms with Gasteiger partial charge >= 0.3 is 5.97 Å². The van der Waals surface area contributed by atoms with Crippen molar-refractivity contribution >= 4 is 17.5 Å². The maximum atomic E-state index is 11.4. The molecule has 0 fully saturated rings. The molecule has 0 heterocycles. The molecule has 0 amide bonds. The second-order valence-corrected chi connectivity index (χ2v) is 3.03. The number of methoxy groups -OCH3 is 2. The number of Topliss-reactive ketones (excluding diaryl/α,β-unsaturated/α-hetero) is 1. The van der Waals surface area contributed by atoms with E-state index in [1.165, 1.54) is 26.4 Å². The van der Waals surface area contributed by atoms with Crippen LogP contribution in [0.25, 0.3) is 5.76 Å². The van der Waals surface area contributed by atoms with E-state index in [-0.39, 0.29) is 5.56 Å². The zero-order valence-corrected chi connectivity index (χ0v) is 9.15. The van der Waals surface area contributed by atoms with E-state index in [0.717, 1.165) is 5.56 Å². The average Bonchev–Trinajstić information content (AvgIpc) is 2.36. The summed E-state index contributed by atoms with van der Waals surface area (Å²) in [6.45, 7) is 3.67. The highest BCUT2D eigenvalue weighted by molar-refractivity contribution is 6.40. The van der Waals surface area contributed by atoms with Crippen molar-refractivity contribution in [1.82, 2.24) is 0 Å². The molecule has 0 aliphatic carbocycles. The number of benzene rings is 1. The van der Waals surface area contributed by atoms with Gasteiger partial charge < -0.3 is 9.47 Å². The number of esters is 1. The molecule has 0 aliphatic heterocycles. The molecule has 0 saturated carbocycles. The molecule has 0 saturated heterocycles. The average molecular weight is 220 g/mol. The summed E-state index contributed by atoms with van der Waals surface area (Å²) >= 11 is 0. The largest absolute Gasteiger partial charge is 0.497 e. The topological polar surface area (TPSA) is 52.6 Å². The van der Waals surface area contributed by atoms with E-state index in [1.807, 2.05) is 0 Å². The molecule has 0 aromatic heterocycles. The molecule has 0 radical (unpaired) electrons. The van der Waals surface area contributed by atoms with E-state index in [1.54, 1.807) is 12.1 Å². The van der Waals surface area contributed by atoms with E-state index >= 15 is 0 Å². The van der Waals surface area contributed by atoms with Gasteiger partial charge in [-0.3, -0.25) is 4.79 Å². The Morgan fingerprint density at radius 2 is 1.50 bits per heavy atom. The van der Waals surface area contributed by atoms with E-state index in [0.29, 0.717) is 5.76 Å². The lowest BCUT2D eigenvalue weighted by Crippen LogP contribution is -2.15. The molecule has 0 spiro atoms. The fourth-order valence-corrected chi connectivity index (χ4v) is 1.14. The summed E-state index contributed by atoms with van der Waals surface area (Å²) in [5, 5.41) is 0. The van der Waals surface area contributed by atoms with Crippen LogP contribution < -0.4 is 0 Å². The number of hydrogen-bond acceptors (Lipinski definition) is 4. The van der Waals surface area contributed by atoms with Crippen LogP contribution in [0.1, 0.15) is 15.9 Å². The van der Waals surface area contributed by atoms with Crippen LogP contribution in [0.15, 0.2) is 30.8 Å². The molecule has 84 valence electrons. The predicted octanol–water partition coefficient (Wildman–Crippen LogP) is 1.66. The number of ketones is 1. The van der Waals surface area contributed by atoms with Crippen molar-refractivity contribution in [2.45, 2.75) is 0 Å². The maximum absolute atomic E-state index is 11.4. The Morgan fingerprint density at radius 3 is 1.94 bits per heavy atom. The van der Waals surface area contributed by atoms with Crippen molar-refractivity contribution in [2.24, 2.45) is 0 Å². The summed E-state index contributed by atoms with van der Waals surface area (Å²) in [5.41, 5.74) is 1.03. The normalized spacial score (nSPS) is 9.38. The van der Waals surface area contributed by atoms with E-state index < -0.39 is 11.8 Å². The molecule has 1 aromatic carbocycles. The summed E-state index contributed by atoms with van der Waals surface area (Å²) in [4.78, 5) is 22.4. The number of hydrogen-bond donors (Lipinski definition) is 0. The van der Waals surface area contributed by atoms with Gasteiger partial charge in [0.1, 0.15) is 5.76 Å². The third kappa shape index (κ3) is 2.48. The van der Waals surface area contributed by atoms with Crippen LogP contribution in [0, 0.1) is 0 Å². The molecule has 0 aliphatic rings. The molecule has 0 unspecified atom stereocenters. The summed E-state index contributed by atoms with van der Waals surface area (Å²) < 4.78 is 9.27. The Kier molecular flexibility index (Phi) is 3.83. The predicted molar refractivity (Wildman–Crippen MR) is 58.8 cm³/mol. The third-order valence-electron chi connectivity index (χ3n) is 2.09. The summed E-state index contributed by atoms with van der Waals surface area (Å²) in [6.07, 6.45) is 0. The first-order valence-corrected chi connectivity index (χ1v) is 4.56. The molecule has 0 atom stereocenters. The highest BCUT2D eigenvalue weighted by Crippen LogP contribution is 2.14. The molecule has 16 heavy (non-hydrogen) atoms.